The third-order valence-corrected chi connectivity index (χ3v) is 5.33. The van der Waals surface area contributed by atoms with Crippen molar-refractivity contribution in [2.24, 2.45) is 5.73 Å². The third kappa shape index (κ3) is 4.32. The first-order valence-corrected chi connectivity index (χ1v) is 9.76. The molecule has 0 saturated carbocycles. The van der Waals surface area contributed by atoms with Crippen LogP contribution in [0.15, 0.2) is 59.0 Å². The van der Waals surface area contributed by atoms with Crippen LogP contribution in [0.2, 0.25) is 0 Å². The van der Waals surface area contributed by atoms with Crippen molar-refractivity contribution in [3.05, 3.63) is 71.5 Å². The highest BCUT2D eigenvalue weighted by atomic mass is 35.5. The van der Waals surface area contributed by atoms with Gasteiger partial charge in [0.25, 0.3) is 5.91 Å². The Balaban J connectivity index is 0.00000240. The van der Waals surface area contributed by atoms with Crippen molar-refractivity contribution in [2.45, 2.75) is 38.5 Å². The minimum absolute atomic E-state index is 0. The first-order chi connectivity index (χ1) is 13.5. The van der Waals surface area contributed by atoms with Crippen LogP contribution in [0, 0.1) is 0 Å². The summed E-state index contributed by atoms with van der Waals surface area (Å²) < 4.78 is 11.8. The molecule has 154 valence electrons. The first kappa shape index (κ1) is 21.4. The van der Waals surface area contributed by atoms with Crippen LogP contribution < -0.4 is 5.73 Å². The molecule has 1 amide bonds. The molecule has 0 spiro atoms. The van der Waals surface area contributed by atoms with E-state index in [0.717, 1.165) is 10.9 Å². The number of carbonyl (C=O) groups excluding carboxylic acids is 1. The summed E-state index contributed by atoms with van der Waals surface area (Å²) >= 11 is 0. The number of fused-ring (bicyclic) bond motifs is 1. The van der Waals surface area contributed by atoms with E-state index in [0.29, 0.717) is 31.0 Å². The number of amides is 1. The zero-order valence-electron chi connectivity index (χ0n) is 16.7. The van der Waals surface area contributed by atoms with E-state index in [1.165, 1.54) is 5.56 Å². The van der Waals surface area contributed by atoms with Gasteiger partial charge in [-0.2, -0.15) is 0 Å². The van der Waals surface area contributed by atoms with Gasteiger partial charge in [-0.25, -0.2) is 0 Å². The number of rotatable bonds is 5. The Bertz CT molecular complexity index is 971. The van der Waals surface area contributed by atoms with Crippen molar-refractivity contribution >= 4 is 29.3 Å². The molecule has 6 heteroatoms. The summed E-state index contributed by atoms with van der Waals surface area (Å²) in [5.41, 5.74) is 9.06. The van der Waals surface area contributed by atoms with Crippen LogP contribution in [0.25, 0.3) is 11.0 Å². The highest BCUT2D eigenvalue weighted by molar-refractivity contribution is 5.99. The molecule has 2 N–H and O–H groups in total. The van der Waals surface area contributed by atoms with E-state index in [2.05, 4.69) is 12.1 Å². The largest absolute Gasteiger partial charge is 0.451 e. The summed E-state index contributed by atoms with van der Waals surface area (Å²) in [6.07, 6.45) is 0.0688. The van der Waals surface area contributed by atoms with Gasteiger partial charge in [-0.3, -0.25) is 4.79 Å². The van der Waals surface area contributed by atoms with Crippen molar-refractivity contribution in [2.75, 3.05) is 13.1 Å². The molecule has 29 heavy (non-hydrogen) atoms. The molecule has 1 aliphatic heterocycles. The van der Waals surface area contributed by atoms with Crippen molar-refractivity contribution < 1.29 is 13.9 Å². The molecular formula is C23H27ClN2O3. The minimum atomic E-state index is -0.118. The van der Waals surface area contributed by atoms with Gasteiger partial charge in [0.2, 0.25) is 0 Å². The van der Waals surface area contributed by atoms with E-state index in [1.807, 2.05) is 56.3 Å². The van der Waals surface area contributed by atoms with Gasteiger partial charge in [-0.15, -0.1) is 12.4 Å². The van der Waals surface area contributed by atoms with Gasteiger partial charge in [0.15, 0.2) is 5.76 Å². The predicted molar refractivity (Wildman–Crippen MR) is 116 cm³/mol. The van der Waals surface area contributed by atoms with E-state index in [4.69, 9.17) is 14.9 Å². The molecule has 1 saturated heterocycles. The Morgan fingerprint density at radius 1 is 1.14 bits per heavy atom. The summed E-state index contributed by atoms with van der Waals surface area (Å²) in [5, 5.41) is 0.926. The molecule has 3 aromatic rings. The molecule has 5 nitrogen and oxygen atoms in total. The van der Waals surface area contributed by atoms with Crippen LogP contribution in [0.4, 0.5) is 0 Å². The number of carbonyl (C=O) groups is 1. The Morgan fingerprint density at radius 2 is 1.83 bits per heavy atom. The van der Waals surface area contributed by atoms with Crippen molar-refractivity contribution in [1.82, 2.24) is 4.90 Å². The zero-order chi connectivity index (χ0) is 19.7. The Labute approximate surface area is 177 Å². The van der Waals surface area contributed by atoms with Crippen LogP contribution in [0.3, 0.4) is 0 Å². The molecule has 4 rings (SSSR count). The number of likely N-dealkylation sites (tertiary alicyclic amines) is 1. The number of nitrogens with zero attached hydrogens (tertiary/aromatic N) is 1. The summed E-state index contributed by atoms with van der Waals surface area (Å²) in [7, 11) is 0. The minimum Gasteiger partial charge on any atom is -0.451 e. The average Bonchev–Trinajstić information content (AvgIpc) is 3.27. The number of hydrogen-bond donors (Lipinski definition) is 1. The van der Waals surface area contributed by atoms with Crippen molar-refractivity contribution in [3.63, 3.8) is 0 Å². The third-order valence-electron chi connectivity index (χ3n) is 5.33. The molecule has 0 radical (unpaired) electrons. The zero-order valence-corrected chi connectivity index (χ0v) is 17.5. The molecule has 2 aromatic carbocycles. The van der Waals surface area contributed by atoms with Gasteiger partial charge in [0.1, 0.15) is 5.58 Å². The summed E-state index contributed by atoms with van der Waals surface area (Å²) in [6.45, 7) is 5.41. The normalized spacial score (nSPS) is 19.0. The number of halogens is 1. The monoisotopic (exact) mass is 414 g/mol. The van der Waals surface area contributed by atoms with Crippen molar-refractivity contribution in [1.29, 1.82) is 0 Å². The maximum absolute atomic E-state index is 13.3. The van der Waals surface area contributed by atoms with Gasteiger partial charge < -0.3 is 19.8 Å². The van der Waals surface area contributed by atoms with Crippen molar-refractivity contribution in [3.8, 4) is 0 Å². The molecule has 0 bridgehead atoms. The maximum atomic E-state index is 13.3. The van der Waals surface area contributed by atoms with Crippen LogP contribution >= 0.6 is 12.4 Å². The highest BCUT2D eigenvalue weighted by Crippen LogP contribution is 2.31. The number of benzene rings is 2. The maximum Gasteiger partial charge on any atom is 0.290 e. The number of hydrogen-bond acceptors (Lipinski definition) is 4. The lowest BCUT2D eigenvalue weighted by molar-refractivity contribution is 0.0621. The topological polar surface area (TPSA) is 68.7 Å². The second kappa shape index (κ2) is 8.99. The Hall–Kier alpha value is -2.34. The highest BCUT2D eigenvalue weighted by Gasteiger charge is 2.36. The molecule has 1 aliphatic rings. The van der Waals surface area contributed by atoms with E-state index >= 15 is 0 Å². The average molecular weight is 415 g/mol. The van der Waals surface area contributed by atoms with Gasteiger partial charge in [-0.05, 0) is 25.5 Å². The fraction of sp³-hybridized carbons (Fsp3) is 0.348. The quantitative estimate of drug-likeness (QED) is 0.674. The first-order valence-electron chi connectivity index (χ1n) is 9.76. The van der Waals surface area contributed by atoms with Gasteiger partial charge >= 0.3 is 0 Å². The van der Waals surface area contributed by atoms with E-state index in [9.17, 15) is 4.79 Å². The SMILES string of the molecule is CC(C)OCc1c(C(=O)N2C[C@@H](N)[C@H](c3ccccc3)C2)oc2ccccc12.Cl. The van der Waals surface area contributed by atoms with E-state index < -0.39 is 0 Å². The number of ether oxygens (including phenoxy) is 1. The van der Waals surface area contributed by atoms with Gasteiger partial charge in [0.05, 0.1) is 12.7 Å². The molecular weight excluding hydrogens is 388 g/mol. The molecule has 0 aliphatic carbocycles. The van der Waals surface area contributed by atoms with E-state index in [-0.39, 0.29) is 36.4 Å². The Kier molecular flexibility index (Phi) is 6.63. The standard InChI is InChI=1S/C23H26N2O3.ClH/c1-15(2)27-14-19-17-10-6-7-11-21(17)28-22(19)23(26)25-12-18(20(24)13-25)16-8-4-3-5-9-16;/h3-11,15,18,20H,12-14,24H2,1-2H3;1H/t18-,20+;/m0./s1. The second-order valence-electron chi connectivity index (χ2n) is 7.66. The number of nitrogens with two attached hydrogens (primary N) is 1. The van der Waals surface area contributed by atoms with E-state index in [1.54, 1.807) is 4.90 Å². The fourth-order valence-electron chi connectivity index (χ4n) is 3.86. The van der Waals surface area contributed by atoms with Crippen LogP contribution in [0.1, 0.15) is 41.4 Å². The van der Waals surface area contributed by atoms with Crippen LogP contribution in [0.5, 0.6) is 0 Å². The van der Waals surface area contributed by atoms with Crippen LogP contribution in [-0.2, 0) is 11.3 Å². The summed E-state index contributed by atoms with van der Waals surface area (Å²) in [4.78, 5) is 15.1. The lowest BCUT2D eigenvalue weighted by Crippen LogP contribution is -2.32. The lowest BCUT2D eigenvalue weighted by Gasteiger charge is -2.16. The van der Waals surface area contributed by atoms with Gasteiger partial charge in [0, 0.05) is 36.0 Å². The smallest absolute Gasteiger partial charge is 0.290 e. The summed E-state index contributed by atoms with van der Waals surface area (Å²) in [5.74, 6) is 0.375. The summed E-state index contributed by atoms with van der Waals surface area (Å²) in [6, 6.07) is 17.8. The Morgan fingerprint density at radius 3 is 2.55 bits per heavy atom. The van der Waals surface area contributed by atoms with Gasteiger partial charge in [-0.1, -0.05) is 48.5 Å². The molecule has 2 atom stereocenters. The second-order valence-corrected chi connectivity index (χ2v) is 7.66. The fourth-order valence-corrected chi connectivity index (χ4v) is 3.86. The number of para-hydroxylation sites is 1. The molecule has 0 unspecified atom stereocenters. The molecule has 1 fully saturated rings. The predicted octanol–water partition coefficient (Wildman–Crippen LogP) is 4.35. The van der Waals surface area contributed by atoms with Crippen LogP contribution in [-0.4, -0.2) is 36.0 Å². The molecule has 1 aromatic heterocycles. The molecule has 2 heterocycles. The number of furan rings is 1. The lowest BCUT2D eigenvalue weighted by atomic mass is 9.95.